The first kappa shape index (κ1) is 16.3. The first-order valence-corrected chi connectivity index (χ1v) is 8.90. The van der Waals surface area contributed by atoms with Gasteiger partial charge in [-0.2, -0.15) is 4.31 Å². The second-order valence-electron chi connectivity index (χ2n) is 5.29. The summed E-state index contributed by atoms with van der Waals surface area (Å²) < 4.78 is 32.5. The molecule has 1 aromatic carbocycles. The van der Waals surface area contributed by atoms with Crippen LogP contribution < -0.4 is 10.1 Å². The van der Waals surface area contributed by atoms with Crippen LogP contribution in [0.2, 0.25) is 0 Å². The molecular weight excluding hydrogens is 288 g/mol. The van der Waals surface area contributed by atoms with Gasteiger partial charge >= 0.3 is 0 Å². The largest absolute Gasteiger partial charge is 0.497 e. The summed E-state index contributed by atoms with van der Waals surface area (Å²) in [7, 11) is -1.88. The molecule has 0 bridgehead atoms. The Morgan fingerprint density at radius 2 is 2.05 bits per heavy atom. The van der Waals surface area contributed by atoms with Gasteiger partial charge in [0.05, 0.1) is 12.0 Å². The lowest BCUT2D eigenvalue weighted by atomic mass is 10.1. The second kappa shape index (κ2) is 7.24. The maximum absolute atomic E-state index is 12.9. The first-order chi connectivity index (χ1) is 10.1. The van der Waals surface area contributed by atoms with Crippen molar-refractivity contribution in [3.63, 3.8) is 0 Å². The molecule has 1 saturated heterocycles. The summed E-state index contributed by atoms with van der Waals surface area (Å²) in [6.45, 7) is 4.27. The molecule has 1 atom stereocenters. The van der Waals surface area contributed by atoms with Crippen LogP contribution in [-0.2, 0) is 10.0 Å². The topological polar surface area (TPSA) is 58.6 Å². The zero-order valence-corrected chi connectivity index (χ0v) is 13.5. The van der Waals surface area contributed by atoms with Crippen molar-refractivity contribution in [2.24, 2.45) is 0 Å². The number of nitrogens with one attached hydrogen (secondary N) is 1. The van der Waals surface area contributed by atoms with Crippen LogP contribution in [0.15, 0.2) is 29.2 Å². The number of hydrogen-bond acceptors (Lipinski definition) is 4. The van der Waals surface area contributed by atoms with Crippen LogP contribution in [0, 0.1) is 0 Å². The third-order valence-electron chi connectivity index (χ3n) is 3.79. The van der Waals surface area contributed by atoms with Crippen LogP contribution in [-0.4, -0.2) is 45.5 Å². The molecule has 0 amide bonds. The summed E-state index contributed by atoms with van der Waals surface area (Å²) >= 11 is 0. The molecule has 1 fully saturated rings. The zero-order chi connectivity index (χ0) is 15.3. The minimum Gasteiger partial charge on any atom is -0.497 e. The summed E-state index contributed by atoms with van der Waals surface area (Å²) in [6, 6.07) is 6.66. The van der Waals surface area contributed by atoms with Gasteiger partial charge in [-0.25, -0.2) is 8.42 Å². The van der Waals surface area contributed by atoms with E-state index in [1.165, 1.54) is 0 Å². The monoisotopic (exact) mass is 312 g/mol. The molecule has 0 spiro atoms. The highest BCUT2D eigenvalue weighted by atomic mass is 32.2. The van der Waals surface area contributed by atoms with Crippen LogP contribution >= 0.6 is 0 Å². The van der Waals surface area contributed by atoms with E-state index in [-0.39, 0.29) is 6.04 Å². The van der Waals surface area contributed by atoms with Crippen molar-refractivity contribution >= 4 is 10.0 Å². The number of piperidine rings is 1. The number of methoxy groups -OCH3 is 1. The Hall–Kier alpha value is -1.11. The lowest BCUT2D eigenvalue weighted by Gasteiger charge is -2.33. The van der Waals surface area contributed by atoms with E-state index in [9.17, 15) is 8.42 Å². The van der Waals surface area contributed by atoms with Crippen molar-refractivity contribution in [1.29, 1.82) is 0 Å². The Morgan fingerprint density at radius 3 is 2.57 bits per heavy atom. The molecule has 1 unspecified atom stereocenters. The van der Waals surface area contributed by atoms with Gasteiger partial charge in [0.1, 0.15) is 5.75 Å². The normalized spacial score (nSPS) is 19.7. The predicted octanol–water partition coefficient (Wildman–Crippen LogP) is 1.85. The molecular formula is C15H24N2O3S. The summed E-state index contributed by atoms with van der Waals surface area (Å²) in [6.07, 6.45) is 2.75. The van der Waals surface area contributed by atoms with Gasteiger partial charge < -0.3 is 10.1 Å². The molecule has 1 aromatic rings. The molecule has 0 radical (unpaired) electrons. The maximum atomic E-state index is 12.9. The predicted molar refractivity (Wildman–Crippen MR) is 83.1 cm³/mol. The number of benzene rings is 1. The Balaban J connectivity index is 2.27. The maximum Gasteiger partial charge on any atom is 0.243 e. The number of rotatable bonds is 6. The van der Waals surface area contributed by atoms with Gasteiger partial charge in [0.15, 0.2) is 0 Å². The smallest absolute Gasteiger partial charge is 0.243 e. The fraction of sp³-hybridized carbons (Fsp3) is 0.600. The van der Waals surface area contributed by atoms with Crippen molar-refractivity contribution in [3.05, 3.63) is 24.3 Å². The lowest BCUT2D eigenvalue weighted by molar-refractivity contribution is 0.266. The second-order valence-corrected chi connectivity index (χ2v) is 7.18. The molecule has 0 aliphatic carbocycles. The van der Waals surface area contributed by atoms with Gasteiger partial charge in [0.2, 0.25) is 10.0 Å². The van der Waals surface area contributed by atoms with Gasteiger partial charge in [-0.3, -0.25) is 0 Å². The highest BCUT2D eigenvalue weighted by Gasteiger charge is 2.31. The van der Waals surface area contributed by atoms with Gasteiger partial charge in [0, 0.05) is 19.1 Å². The highest BCUT2D eigenvalue weighted by Crippen LogP contribution is 2.23. The molecule has 1 aliphatic heterocycles. The number of nitrogens with zero attached hydrogens (tertiary/aromatic N) is 1. The molecule has 6 heteroatoms. The molecule has 1 heterocycles. The summed E-state index contributed by atoms with van der Waals surface area (Å²) in [5, 5.41) is 3.29. The van der Waals surface area contributed by atoms with Crippen molar-refractivity contribution < 1.29 is 13.2 Å². The van der Waals surface area contributed by atoms with E-state index in [2.05, 4.69) is 5.32 Å². The molecule has 1 N–H and O–H groups in total. The Labute approximate surface area is 127 Å². The van der Waals surface area contributed by atoms with E-state index in [4.69, 9.17) is 4.74 Å². The van der Waals surface area contributed by atoms with Crippen molar-refractivity contribution in [1.82, 2.24) is 9.62 Å². The standard InChI is InChI=1S/C15H24N2O3S/c1-3-11-17(13-5-4-10-16-12-13)21(18,19)15-8-6-14(20-2)7-9-15/h6-9,13,16H,3-5,10-12H2,1-2H3. The third kappa shape index (κ3) is 3.75. The SMILES string of the molecule is CCCN(C1CCCNC1)S(=O)(=O)c1ccc(OC)cc1. The zero-order valence-electron chi connectivity index (χ0n) is 12.7. The van der Waals surface area contributed by atoms with Gasteiger partial charge in [-0.05, 0) is 50.1 Å². The minimum atomic E-state index is -3.45. The van der Waals surface area contributed by atoms with E-state index >= 15 is 0 Å². The molecule has 0 saturated carbocycles. The summed E-state index contributed by atoms with van der Waals surface area (Å²) in [5.74, 6) is 0.662. The van der Waals surface area contributed by atoms with Gasteiger partial charge in [-0.1, -0.05) is 6.92 Å². The van der Waals surface area contributed by atoms with Crippen LogP contribution in [0.3, 0.4) is 0 Å². The van der Waals surface area contributed by atoms with Crippen LogP contribution in [0.4, 0.5) is 0 Å². The molecule has 1 aliphatic rings. The van der Waals surface area contributed by atoms with Gasteiger partial charge in [0.25, 0.3) is 0 Å². The Bertz CT molecular complexity index is 537. The van der Waals surface area contributed by atoms with Crippen molar-refractivity contribution in [2.45, 2.75) is 37.1 Å². The van der Waals surface area contributed by atoms with E-state index in [0.29, 0.717) is 17.2 Å². The van der Waals surface area contributed by atoms with Crippen LogP contribution in [0.25, 0.3) is 0 Å². The molecule has 0 aromatic heterocycles. The Kier molecular flexibility index (Phi) is 5.61. The number of ether oxygens (including phenoxy) is 1. The number of hydrogen-bond donors (Lipinski definition) is 1. The minimum absolute atomic E-state index is 0.0470. The average molecular weight is 312 g/mol. The Morgan fingerprint density at radius 1 is 1.33 bits per heavy atom. The fourth-order valence-corrected chi connectivity index (χ4v) is 4.43. The van der Waals surface area contributed by atoms with Gasteiger partial charge in [-0.15, -0.1) is 0 Å². The first-order valence-electron chi connectivity index (χ1n) is 7.46. The van der Waals surface area contributed by atoms with E-state index < -0.39 is 10.0 Å². The van der Waals surface area contributed by atoms with Crippen LogP contribution in [0.1, 0.15) is 26.2 Å². The van der Waals surface area contributed by atoms with E-state index in [1.54, 1.807) is 35.7 Å². The molecule has 2 rings (SSSR count). The van der Waals surface area contributed by atoms with Crippen molar-refractivity contribution in [3.8, 4) is 5.75 Å². The van der Waals surface area contributed by atoms with E-state index in [1.807, 2.05) is 6.92 Å². The summed E-state index contributed by atoms with van der Waals surface area (Å²) in [4.78, 5) is 0.335. The average Bonchev–Trinajstić information content (AvgIpc) is 2.53. The molecule has 5 nitrogen and oxygen atoms in total. The fourth-order valence-electron chi connectivity index (χ4n) is 2.68. The lowest BCUT2D eigenvalue weighted by Crippen LogP contribution is -2.48. The summed E-state index contributed by atoms with van der Waals surface area (Å²) in [5.41, 5.74) is 0. The highest BCUT2D eigenvalue weighted by molar-refractivity contribution is 7.89. The molecule has 21 heavy (non-hydrogen) atoms. The van der Waals surface area contributed by atoms with Crippen molar-refractivity contribution in [2.75, 3.05) is 26.7 Å². The third-order valence-corrected chi connectivity index (χ3v) is 5.75. The van der Waals surface area contributed by atoms with E-state index in [0.717, 1.165) is 32.4 Å². The molecule has 118 valence electrons. The number of sulfonamides is 1. The quantitative estimate of drug-likeness (QED) is 0.871. The van der Waals surface area contributed by atoms with Crippen LogP contribution in [0.5, 0.6) is 5.75 Å².